The zero-order valence-electron chi connectivity index (χ0n) is 11.9. The molecule has 1 aliphatic rings. The van der Waals surface area contributed by atoms with Crippen molar-refractivity contribution in [1.29, 1.82) is 0 Å². The van der Waals surface area contributed by atoms with Crippen molar-refractivity contribution >= 4 is 27.3 Å². The number of rotatable bonds is 3. The second-order valence-electron chi connectivity index (χ2n) is 4.87. The number of ether oxygens (including phenoxy) is 2. The van der Waals surface area contributed by atoms with Gasteiger partial charge in [-0.1, -0.05) is 17.7 Å². The van der Waals surface area contributed by atoms with Crippen molar-refractivity contribution in [3.63, 3.8) is 0 Å². The summed E-state index contributed by atoms with van der Waals surface area (Å²) < 4.78 is 51.8. The Balaban J connectivity index is 1.94. The van der Waals surface area contributed by atoms with Crippen molar-refractivity contribution in [1.82, 2.24) is 0 Å². The van der Waals surface area contributed by atoms with E-state index in [2.05, 4.69) is 4.72 Å². The van der Waals surface area contributed by atoms with Crippen molar-refractivity contribution in [3.8, 4) is 11.5 Å². The van der Waals surface area contributed by atoms with Gasteiger partial charge in [0.1, 0.15) is 0 Å². The van der Waals surface area contributed by atoms with E-state index in [9.17, 15) is 12.8 Å². The maximum atomic E-state index is 13.9. The standard InChI is InChI=1S/C15H13ClFNO4S/c16-11-3-1-4-12(15(11)17)18-23(19,20)10-5-6-13-14(9-10)22-8-2-7-21-13/h1,3-6,9,18H,2,7-8H2. The van der Waals surface area contributed by atoms with Crippen LogP contribution < -0.4 is 14.2 Å². The fourth-order valence-electron chi connectivity index (χ4n) is 2.10. The molecule has 23 heavy (non-hydrogen) atoms. The van der Waals surface area contributed by atoms with Crippen LogP contribution in [0.3, 0.4) is 0 Å². The predicted molar refractivity (Wildman–Crippen MR) is 84.3 cm³/mol. The van der Waals surface area contributed by atoms with Crippen LogP contribution in [0.4, 0.5) is 10.1 Å². The molecule has 1 aliphatic heterocycles. The Bertz CT molecular complexity index is 841. The van der Waals surface area contributed by atoms with Crippen molar-refractivity contribution in [2.24, 2.45) is 0 Å². The highest BCUT2D eigenvalue weighted by Crippen LogP contribution is 2.33. The van der Waals surface area contributed by atoms with Gasteiger partial charge in [-0.25, -0.2) is 12.8 Å². The van der Waals surface area contributed by atoms with Crippen LogP contribution in [-0.2, 0) is 10.0 Å². The lowest BCUT2D eigenvalue weighted by molar-refractivity contribution is 0.297. The van der Waals surface area contributed by atoms with Crippen molar-refractivity contribution in [2.45, 2.75) is 11.3 Å². The Morgan fingerprint density at radius 3 is 2.61 bits per heavy atom. The average molecular weight is 358 g/mol. The summed E-state index contributed by atoms with van der Waals surface area (Å²) in [5.41, 5.74) is -0.218. The maximum absolute atomic E-state index is 13.9. The third-order valence-electron chi connectivity index (χ3n) is 3.23. The summed E-state index contributed by atoms with van der Waals surface area (Å²) in [7, 11) is -3.98. The van der Waals surface area contributed by atoms with Gasteiger partial charge in [0.15, 0.2) is 17.3 Å². The molecule has 0 radical (unpaired) electrons. The third kappa shape index (κ3) is 3.35. The van der Waals surface area contributed by atoms with Crippen molar-refractivity contribution in [2.75, 3.05) is 17.9 Å². The molecule has 0 saturated carbocycles. The number of anilines is 1. The van der Waals surface area contributed by atoms with E-state index in [0.717, 1.165) is 0 Å². The first kappa shape index (κ1) is 15.9. The molecule has 0 unspecified atom stereocenters. The van der Waals surface area contributed by atoms with Crippen LogP contribution in [0.5, 0.6) is 11.5 Å². The van der Waals surface area contributed by atoms with Crippen LogP contribution in [0, 0.1) is 5.82 Å². The van der Waals surface area contributed by atoms with Gasteiger partial charge in [0.2, 0.25) is 0 Å². The number of nitrogens with one attached hydrogen (secondary N) is 1. The molecule has 0 saturated heterocycles. The lowest BCUT2D eigenvalue weighted by Gasteiger charge is -2.12. The molecule has 0 amide bonds. The number of halogens is 2. The predicted octanol–water partition coefficient (Wildman–Crippen LogP) is 3.44. The van der Waals surface area contributed by atoms with Crippen LogP contribution in [0.1, 0.15) is 6.42 Å². The van der Waals surface area contributed by atoms with Gasteiger partial charge in [-0.2, -0.15) is 0 Å². The molecule has 5 nitrogen and oxygen atoms in total. The highest BCUT2D eigenvalue weighted by atomic mass is 35.5. The molecule has 0 spiro atoms. The van der Waals surface area contributed by atoms with Gasteiger partial charge in [-0.3, -0.25) is 4.72 Å². The zero-order chi connectivity index (χ0) is 16.4. The molecular weight excluding hydrogens is 345 g/mol. The smallest absolute Gasteiger partial charge is 0.262 e. The summed E-state index contributed by atoms with van der Waals surface area (Å²) in [4.78, 5) is -0.0545. The molecule has 2 aromatic rings. The molecule has 0 fully saturated rings. The Kier molecular flexibility index (Phi) is 4.32. The van der Waals surface area contributed by atoms with E-state index in [-0.39, 0.29) is 15.6 Å². The van der Waals surface area contributed by atoms with Crippen LogP contribution in [-0.4, -0.2) is 21.6 Å². The molecule has 0 bridgehead atoms. The lowest BCUT2D eigenvalue weighted by atomic mass is 10.3. The van der Waals surface area contributed by atoms with E-state index in [4.69, 9.17) is 21.1 Å². The van der Waals surface area contributed by atoms with Crippen LogP contribution in [0.25, 0.3) is 0 Å². The van der Waals surface area contributed by atoms with Crippen LogP contribution >= 0.6 is 11.6 Å². The van der Waals surface area contributed by atoms with E-state index in [1.54, 1.807) is 0 Å². The second-order valence-corrected chi connectivity index (χ2v) is 6.96. The Hall–Kier alpha value is -1.99. The molecule has 122 valence electrons. The monoisotopic (exact) mass is 357 g/mol. The maximum Gasteiger partial charge on any atom is 0.262 e. The minimum Gasteiger partial charge on any atom is -0.490 e. The Morgan fingerprint density at radius 2 is 1.83 bits per heavy atom. The van der Waals surface area contributed by atoms with Gasteiger partial charge in [0.25, 0.3) is 10.0 Å². The molecular formula is C15H13ClFNO4S. The lowest BCUT2D eigenvalue weighted by Crippen LogP contribution is -2.14. The van der Waals surface area contributed by atoms with Crippen molar-refractivity contribution in [3.05, 3.63) is 47.2 Å². The van der Waals surface area contributed by atoms with Gasteiger partial charge in [-0.05, 0) is 24.3 Å². The van der Waals surface area contributed by atoms with E-state index >= 15 is 0 Å². The summed E-state index contributed by atoms with van der Waals surface area (Å²) in [5.74, 6) is -0.000544. The molecule has 0 atom stereocenters. The quantitative estimate of drug-likeness (QED) is 0.913. The first-order chi connectivity index (χ1) is 11.0. The number of sulfonamides is 1. The Morgan fingerprint density at radius 1 is 1.09 bits per heavy atom. The molecule has 1 N–H and O–H groups in total. The molecule has 0 aliphatic carbocycles. The fourth-order valence-corrected chi connectivity index (χ4v) is 3.35. The van der Waals surface area contributed by atoms with Crippen LogP contribution in [0.2, 0.25) is 5.02 Å². The summed E-state index contributed by atoms with van der Waals surface area (Å²) >= 11 is 5.66. The van der Waals surface area contributed by atoms with E-state index in [1.807, 2.05) is 0 Å². The van der Waals surface area contributed by atoms with E-state index in [0.29, 0.717) is 31.1 Å². The molecule has 8 heteroatoms. The van der Waals surface area contributed by atoms with Gasteiger partial charge >= 0.3 is 0 Å². The van der Waals surface area contributed by atoms with E-state index in [1.165, 1.54) is 36.4 Å². The fraction of sp³-hybridized carbons (Fsp3) is 0.200. The summed E-state index contributed by atoms with van der Waals surface area (Å²) in [5, 5.41) is -0.163. The number of hydrogen-bond acceptors (Lipinski definition) is 4. The third-order valence-corrected chi connectivity index (χ3v) is 4.88. The van der Waals surface area contributed by atoms with Gasteiger partial charge < -0.3 is 9.47 Å². The molecule has 3 rings (SSSR count). The highest BCUT2D eigenvalue weighted by molar-refractivity contribution is 7.92. The largest absolute Gasteiger partial charge is 0.490 e. The van der Waals surface area contributed by atoms with Gasteiger partial charge in [-0.15, -0.1) is 0 Å². The van der Waals surface area contributed by atoms with Gasteiger partial charge in [0, 0.05) is 12.5 Å². The van der Waals surface area contributed by atoms with Gasteiger partial charge in [0.05, 0.1) is 28.8 Å². The SMILES string of the molecule is O=S(=O)(Nc1cccc(Cl)c1F)c1ccc2c(c1)OCCCO2. The molecule has 0 aromatic heterocycles. The number of hydrogen-bond donors (Lipinski definition) is 1. The second kappa shape index (κ2) is 6.25. The normalized spacial score (nSPS) is 14.2. The van der Waals surface area contributed by atoms with Crippen molar-refractivity contribution < 1.29 is 22.3 Å². The average Bonchev–Trinajstić information content (AvgIpc) is 2.76. The Labute approximate surface area is 138 Å². The number of fused-ring (bicyclic) bond motifs is 1. The molecule has 1 heterocycles. The minimum absolute atomic E-state index is 0.0545. The zero-order valence-corrected chi connectivity index (χ0v) is 13.5. The topological polar surface area (TPSA) is 64.6 Å². The highest BCUT2D eigenvalue weighted by Gasteiger charge is 2.20. The first-order valence-corrected chi connectivity index (χ1v) is 8.70. The minimum atomic E-state index is -3.98. The number of benzene rings is 2. The van der Waals surface area contributed by atoms with Crippen LogP contribution in [0.15, 0.2) is 41.3 Å². The summed E-state index contributed by atoms with van der Waals surface area (Å²) in [6.07, 6.45) is 0.711. The first-order valence-electron chi connectivity index (χ1n) is 6.84. The summed E-state index contributed by atoms with van der Waals surface area (Å²) in [6, 6.07) is 8.33. The summed E-state index contributed by atoms with van der Waals surface area (Å²) in [6.45, 7) is 0.942. The van der Waals surface area contributed by atoms with E-state index < -0.39 is 15.8 Å². The molecule has 2 aromatic carbocycles.